The molecule has 19 heavy (non-hydrogen) atoms. The van der Waals surface area contributed by atoms with Gasteiger partial charge in [-0.15, -0.1) is 6.58 Å². The average Bonchev–Trinajstić information content (AvgIpc) is 2.45. The summed E-state index contributed by atoms with van der Waals surface area (Å²) < 4.78 is 15.6. The highest BCUT2D eigenvalue weighted by atomic mass is 16.5. The number of benzene rings is 1. The minimum atomic E-state index is 0.0275. The van der Waals surface area contributed by atoms with E-state index >= 15 is 0 Å². The van der Waals surface area contributed by atoms with Gasteiger partial charge in [-0.3, -0.25) is 4.79 Å². The summed E-state index contributed by atoms with van der Waals surface area (Å²) in [6.45, 7) is 3.64. The van der Waals surface area contributed by atoms with Crippen molar-refractivity contribution in [2.45, 2.75) is 19.3 Å². The SMILES string of the molecule is C=CCCCC(=O)c1cc(OC)c(OC)cc1OC. The average molecular weight is 264 g/mol. The van der Waals surface area contributed by atoms with Crippen LogP contribution < -0.4 is 14.2 Å². The van der Waals surface area contributed by atoms with E-state index < -0.39 is 0 Å². The first kappa shape index (κ1) is 15.1. The van der Waals surface area contributed by atoms with E-state index in [1.165, 1.54) is 14.2 Å². The topological polar surface area (TPSA) is 44.8 Å². The van der Waals surface area contributed by atoms with Crippen LogP contribution in [0.4, 0.5) is 0 Å². The first-order valence-corrected chi connectivity index (χ1v) is 6.12. The molecule has 0 radical (unpaired) electrons. The van der Waals surface area contributed by atoms with Crippen LogP contribution in [-0.2, 0) is 0 Å². The third-order valence-corrected chi connectivity index (χ3v) is 2.82. The molecule has 0 amide bonds. The van der Waals surface area contributed by atoms with E-state index in [0.29, 0.717) is 29.2 Å². The molecule has 0 aromatic heterocycles. The number of unbranched alkanes of at least 4 members (excludes halogenated alkanes) is 1. The van der Waals surface area contributed by atoms with Gasteiger partial charge < -0.3 is 14.2 Å². The molecule has 104 valence electrons. The maximum absolute atomic E-state index is 12.2. The molecule has 0 bridgehead atoms. The van der Waals surface area contributed by atoms with Gasteiger partial charge in [0.2, 0.25) is 0 Å². The highest BCUT2D eigenvalue weighted by Crippen LogP contribution is 2.35. The number of methoxy groups -OCH3 is 3. The number of hydrogen-bond acceptors (Lipinski definition) is 4. The van der Waals surface area contributed by atoms with Gasteiger partial charge in [-0.1, -0.05) is 6.08 Å². The summed E-state index contributed by atoms with van der Waals surface area (Å²) >= 11 is 0. The van der Waals surface area contributed by atoms with Crippen molar-refractivity contribution in [3.05, 3.63) is 30.4 Å². The van der Waals surface area contributed by atoms with Crippen LogP contribution in [0.1, 0.15) is 29.6 Å². The van der Waals surface area contributed by atoms with Gasteiger partial charge >= 0.3 is 0 Å². The summed E-state index contributed by atoms with van der Waals surface area (Å²) in [5, 5.41) is 0. The van der Waals surface area contributed by atoms with Gasteiger partial charge in [-0.2, -0.15) is 0 Å². The zero-order valence-electron chi connectivity index (χ0n) is 11.7. The Kier molecular flexibility index (Phi) is 5.93. The van der Waals surface area contributed by atoms with Crippen molar-refractivity contribution in [1.82, 2.24) is 0 Å². The highest BCUT2D eigenvalue weighted by molar-refractivity contribution is 5.99. The first-order valence-electron chi connectivity index (χ1n) is 6.12. The summed E-state index contributed by atoms with van der Waals surface area (Å²) in [7, 11) is 4.61. The number of carbonyl (C=O) groups is 1. The molecule has 0 fully saturated rings. The number of hydrogen-bond donors (Lipinski definition) is 0. The second-order valence-electron chi connectivity index (χ2n) is 4.01. The van der Waals surface area contributed by atoms with Crippen molar-refractivity contribution < 1.29 is 19.0 Å². The molecule has 0 N–H and O–H groups in total. The predicted molar refractivity (Wildman–Crippen MR) is 74.5 cm³/mol. The molecule has 0 spiro atoms. The molecule has 0 unspecified atom stereocenters. The van der Waals surface area contributed by atoms with E-state index in [1.54, 1.807) is 25.3 Å². The van der Waals surface area contributed by atoms with Gasteiger partial charge in [0.25, 0.3) is 0 Å². The summed E-state index contributed by atoms with van der Waals surface area (Å²) in [5.41, 5.74) is 0.518. The lowest BCUT2D eigenvalue weighted by atomic mass is 10.0. The van der Waals surface area contributed by atoms with E-state index in [2.05, 4.69) is 6.58 Å². The van der Waals surface area contributed by atoms with Crippen LogP contribution >= 0.6 is 0 Å². The van der Waals surface area contributed by atoms with Crippen molar-refractivity contribution >= 4 is 5.78 Å². The van der Waals surface area contributed by atoms with Gasteiger partial charge in [0.05, 0.1) is 26.9 Å². The number of allylic oxidation sites excluding steroid dienone is 1. The summed E-state index contributed by atoms with van der Waals surface area (Å²) in [4.78, 5) is 12.2. The normalized spacial score (nSPS) is 9.84. The van der Waals surface area contributed by atoms with Gasteiger partial charge in [-0.25, -0.2) is 0 Å². The molecular formula is C15H20O4. The monoisotopic (exact) mass is 264 g/mol. The van der Waals surface area contributed by atoms with Crippen molar-refractivity contribution in [1.29, 1.82) is 0 Å². The Hall–Kier alpha value is -1.97. The molecule has 0 aliphatic heterocycles. The second kappa shape index (κ2) is 7.46. The second-order valence-corrected chi connectivity index (χ2v) is 4.01. The number of ether oxygens (including phenoxy) is 3. The maximum Gasteiger partial charge on any atom is 0.166 e. The molecule has 4 heteroatoms. The molecule has 0 heterocycles. The summed E-state index contributed by atoms with van der Waals surface area (Å²) in [5.74, 6) is 1.60. The summed E-state index contributed by atoms with van der Waals surface area (Å²) in [6, 6.07) is 3.33. The number of carbonyl (C=O) groups excluding carboxylic acids is 1. The van der Waals surface area contributed by atoms with Crippen LogP contribution in [0.3, 0.4) is 0 Å². The van der Waals surface area contributed by atoms with Gasteiger partial charge in [0.1, 0.15) is 5.75 Å². The zero-order chi connectivity index (χ0) is 14.3. The van der Waals surface area contributed by atoms with Crippen molar-refractivity contribution in [3.8, 4) is 17.2 Å². The molecule has 4 nitrogen and oxygen atoms in total. The largest absolute Gasteiger partial charge is 0.496 e. The third kappa shape index (κ3) is 3.74. The summed E-state index contributed by atoms with van der Waals surface area (Å²) in [6.07, 6.45) is 3.86. The molecule has 1 aromatic rings. The van der Waals surface area contributed by atoms with E-state index in [0.717, 1.165) is 12.8 Å². The Balaban J connectivity index is 3.03. The van der Waals surface area contributed by atoms with Crippen LogP contribution in [-0.4, -0.2) is 27.1 Å². The van der Waals surface area contributed by atoms with E-state index in [4.69, 9.17) is 14.2 Å². The quantitative estimate of drug-likeness (QED) is 0.411. The van der Waals surface area contributed by atoms with Gasteiger partial charge in [0, 0.05) is 12.5 Å². The van der Waals surface area contributed by atoms with Crippen LogP contribution in [0, 0.1) is 0 Å². The molecule has 0 saturated heterocycles. The van der Waals surface area contributed by atoms with Crippen molar-refractivity contribution in [2.75, 3.05) is 21.3 Å². The van der Waals surface area contributed by atoms with Crippen molar-refractivity contribution in [3.63, 3.8) is 0 Å². The Morgan fingerprint density at radius 1 is 1.11 bits per heavy atom. The first-order chi connectivity index (χ1) is 9.17. The Bertz CT molecular complexity index is 452. The van der Waals surface area contributed by atoms with Gasteiger partial charge in [0.15, 0.2) is 17.3 Å². The Morgan fingerprint density at radius 3 is 2.21 bits per heavy atom. The number of ketones is 1. The Labute approximate surface area is 114 Å². The lowest BCUT2D eigenvalue weighted by Crippen LogP contribution is -2.04. The Morgan fingerprint density at radius 2 is 1.68 bits per heavy atom. The zero-order valence-corrected chi connectivity index (χ0v) is 11.7. The van der Waals surface area contributed by atoms with Crippen molar-refractivity contribution in [2.24, 2.45) is 0 Å². The van der Waals surface area contributed by atoms with E-state index in [9.17, 15) is 4.79 Å². The lowest BCUT2D eigenvalue weighted by molar-refractivity contribution is 0.0977. The molecular weight excluding hydrogens is 244 g/mol. The lowest BCUT2D eigenvalue weighted by Gasteiger charge is -2.13. The van der Waals surface area contributed by atoms with Crippen LogP contribution in [0.25, 0.3) is 0 Å². The van der Waals surface area contributed by atoms with Crippen LogP contribution in [0.5, 0.6) is 17.2 Å². The molecule has 0 aliphatic carbocycles. The standard InChI is InChI=1S/C15H20O4/c1-5-6-7-8-12(16)11-9-14(18-3)15(19-4)10-13(11)17-2/h5,9-10H,1,6-8H2,2-4H3. The fourth-order valence-corrected chi connectivity index (χ4v) is 1.79. The predicted octanol–water partition coefficient (Wildman–Crippen LogP) is 3.25. The van der Waals surface area contributed by atoms with Crippen LogP contribution in [0.15, 0.2) is 24.8 Å². The van der Waals surface area contributed by atoms with Crippen LogP contribution in [0.2, 0.25) is 0 Å². The highest BCUT2D eigenvalue weighted by Gasteiger charge is 2.17. The minimum Gasteiger partial charge on any atom is -0.496 e. The van der Waals surface area contributed by atoms with Gasteiger partial charge in [-0.05, 0) is 18.9 Å². The molecule has 0 aliphatic rings. The number of Topliss-reactive ketones (excluding diaryl/α,β-unsaturated/α-hetero) is 1. The molecule has 1 rings (SSSR count). The van der Waals surface area contributed by atoms with E-state index in [-0.39, 0.29) is 5.78 Å². The maximum atomic E-state index is 12.2. The fraction of sp³-hybridized carbons (Fsp3) is 0.400. The third-order valence-electron chi connectivity index (χ3n) is 2.82. The van der Waals surface area contributed by atoms with E-state index in [1.807, 2.05) is 0 Å². The molecule has 0 atom stereocenters. The number of rotatable bonds is 8. The molecule has 0 saturated carbocycles. The smallest absolute Gasteiger partial charge is 0.166 e. The molecule has 1 aromatic carbocycles. The fourth-order valence-electron chi connectivity index (χ4n) is 1.79. The minimum absolute atomic E-state index is 0.0275.